The van der Waals surface area contributed by atoms with Gasteiger partial charge in [0.1, 0.15) is 0 Å². The molecule has 0 radical (unpaired) electrons. The van der Waals surface area contributed by atoms with Gasteiger partial charge in [-0.05, 0) is 52.7 Å². The van der Waals surface area contributed by atoms with E-state index in [1.165, 1.54) is 23.8 Å². The highest BCUT2D eigenvalue weighted by atomic mass is 32.2. The molecule has 0 saturated heterocycles. The van der Waals surface area contributed by atoms with Crippen molar-refractivity contribution < 1.29 is 18.3 Å². The molecule has 1 unspecified atom stereocenters. The molecule has 1 aromatic rings. The van der Waals surface area contributed by atoms with Crippen molar-refractivity contribution in [3.05, 3.63) is 53.1 Å². The molecule has 0 fully saturated rings. The van der Waals surface area contributed by atoms with Crippen LogP contribution in [0, 0.1) is 6.92 Å². The third-order valence-corrected chi connectivity index (χ3v) is 5.39. The Balaban J connectivity index is 3.08. The number of carboxylic acid groups (broad SMARTS) is 1. The molecule has 23 heavy (non-hydrogen) atoms. The minimum atomic E-state index is -3.94. The molecular formula is C18H24O4S. The molecule has 0 aliphatic carbocycles. The van der Waals surface area contributed by atoms with E-state index in [9.17, 15) is 18.3 Å². The van der Waals surface area contributed by atoms with Crippen LogP contribution in [-0.4, -0.2) is 24.7 Å². The van der Waals surface area contributed by atoms with E-state index in [0.717, 1.165) is 17.6 Å². The number of benzene rings is 1. The second-order valence-corrected chi connectivity index (χ2v) is 8.02. The van der Waals surface area contributed by atoms with Crippen molar-refractivity contribution in [1.29, 1.82) is 0 Å². The van der Waals surface area contributed by atoms with Gasteiger partial charge < -0.3 is 5.11 Å². The highest BCUT2D eigenvalue weighted by molar-refractivity contribution is 7.93. The zero-order valence-electron chi connectivity index (χ0n) is 14.0. The molecule has 0 saturated carbocycles. The third-order valence-electron chi connectivity index (χ3n) is 3.45. The van der Waals surface area contributed by atoms with Gasteiger partial charge in [-0.15, -0.1) is 0 Å². The molecule has 4 nitrogen and oxygen atoms in total. The maximum Gasteiger partial charge on any atom is 0.326 e. The second kappa shape index (κ2) is 8.11. The van der Waals surface area contributed by atoms with Gasteiger partial charge in [-0.1, -0.05) is 41.0 Å². The van der Waals surface area contributed by atoms with Crippen LogP contribution in [0.15, 0.2) is 52.5 Å². The summed E-state index contributed by atoms with van der Waals surface area (Å²) in [6.07, 6.45) is 4.79. The van der Waals surface area contributed by atoms with E-state index in [4.69, 9.17) is 0 Å². The molecule has 126 valence electrons. The molecular weight excluding hydrogens is 312 g/mol. The van der Waals surface area contributed by atoms with Crippen molar-refractivity contribution in [3.63, 3.8) is 0 Å². The number of aryl methyl sites for hydroxylation is 1. The number of hydrogen-bond donors (Lipinski definition) is 1. The summed E-state index contributed by atoms with van der Waals surface area (Å²) in [6, 6.07) is 6.23. The van der Waals surface area contributed by atoms with Gasteiger partial charge in [0.05, 0.1) is 4.90 Å². The van der Waals surface area contributed by atoms with E-state index in [2.05, 4.69) is 0 Å². The zero-order chi connectivity index (χ0) is 17.6. The van der Waals surface area contributed by atoms with Crippen LogP contribution in [0.2, 0.25) is 0 Å². The van der Waals surface area contributed by atoms with Gasteiger partial charge in [-0.25, -0.2) is 8.42 Å². The Hall–Kier alpha value is -1.88. The molecule has 0 amide bonds. The van der Waals surface area contributed by atoms with Gasteiger partial charge in [-0.2, -0.15) is 0 Å². The summed E-state index contributed by atoms with van der Waals surface area (Å²) in [5.41, 5.74) is 2.86. The molecule has 1 atom stereocenters. The van der Waals surface area contributed by atoms with Crippen LogP contribution in [0.3, 0.4) is 0 Å². The maximum absolute atomic E-state index is 12.6. The molecule has 1 aromatic carbocycles. The number of rotatable bonds is 7. The fourth-order valence-electron chi connectivity index (χ4n) is 2.10. The van der Waals surface area contributed by atoms with Gasteiger partial charge >= 0.3 is 5.97 Å². The Morgan fingerprint density at radius 3 is 2.22 bits per heavy atom. The summed E-state index contributed by atoms with van der Waals surface area (Å²) in [6.45, 7) is 7.58. The van der Waals surface area contributed by atoms with Crippen LogP contribution < -0.4 is 0 Å². The number of sulfone groups is 1. The first kappa shape index (κ1) is 19.2. The topological polar surface area (TPSA) is 71.4 Å². The molecule has 0 aromatic heterocycles. The summed E-state index contributed by atoms with van der Waals surface area (Å²) >= 11 is 0. The Morgan fingerprint density at radius 1 is 1.17 bits per heavy atom. The molecule has 0 heterocycles. The molecule has 1 N–H and O–H groups in total. The number of carboxylic acids is 1. The van der Waals surface area contributed by atoms with Crippen molar-refractivity contribution >= 4 is 15.8 Å². The predicted molar refractivity (Wildman–Crippen MR) is 92.2 cm³/mol. The first-order chi connectivity index (χ1) is 10.6. The normalized spacial score (nSPS) is 13.5. The maximum atomic E-state index is 12.6. The van der Waals surface area contributed by atoms with E-state index in [1.54, 1.807) is 19.1 Å². The summed E-state index contributed by atoms with van der Waals surface area (Å²) in [4.78, 5) is 11.5. The fourth-order valence-corrected chi connectivity index (χ4v) is 3.58. The van der Waals surface area contributed by atoms with E-state index in [1.807, 2.05) is 26.8 Å². The van der Waals surface area contributed by atoms with Crippen LogP contribution in [0.1, 0.15) is 39.2 Å². The average molecular weight is 336 g/mol. The fraction of sp³-hybridized carbons (Fsp3) is 0.389. The van der Waals surface area contributed by atoms with Crippen molar-refractivity contribution in [1.82, 2.24) is 0 Å². The van der Waals surface area contributed by atoms with Crippen molar-refractivity contribution in [2.75, 3.05) is 0 Å². The highest BCUT2D eigenvalue weighted by Crippen LogP contribution is 2.20. The summed E-state index contributed by atoms with van der Waals surface area (Å²) in [5, 5.41) is 7.79. The Morgan fingerprint density at radius 2 is 1.74 bits per heavy atom. The van der Waals surface area contributed by atoms with Crippen LogP contribution in [0.4, 0.5) is 0 Å². The highest BCUT2D eigenvalue weighted by Gasteiger charge is 2.32. The van der Waals surface area contributed by atoms with Gasteiger partial charge in [0, 0.05) is 0 Å². The minimum absolute atomic E-state index is 0.0313. The number of hydrogen-bond acceptors (Lipinski definition) is 3. The number of allylic oxidation sites excluding steroid dienone is 3. The van der Waals surface area contributed by atoms with Crippen LogP contribution in [0.5, 0.6) is 0 Å². The largest absolute Gasteiger partial charge is 0.480 e. The van der Waals surface area contributed by atoms with Gasteiger partial charge in [-0.3, -0.25) is 4.79 Å². The SMILES string of the molecule is CC(C)=CCC/C(C)=C\C(C(=O)O)S(=O)(=O)c1ccc(C)cc1. The molecule has 0 aliphatic heterocycles. The molecule has 0 aliphatic rings. The number of carbonyl (C=O) groups is 1. The third kappa shape index (κ3) is 5.67. The molecule has 0 bridgehead atoms. The summed E-state index contributed by atoms with van der Waals surface area (Å²) < 4.78 is 25.1. The molecule has 0 spiro atoms. The van der Waals surface area contributed by atoms with Crippen molar-refractivity contribution in [3.8, 4) is 0 Å². The lowest BCUT2D eigenvalue weighted by Gasteiger charge is -2.12. The lowest BCUT2D eigenvalue weighted by atomic mass is 10.1. The van der Waals surface area contributed by atoms with Gasteiger partial charge in [0.2, 0.25) is 0 Å². The van der Waals surface area contributed by atoms with E-state index in [0.29, 0.717) is 6.42 Å². The first-order valence-electron chi connectivity index (χ1n) is 7.48. The van der Waals surface area contributed by atoms with Crippen molar-refractivity contribution in [2.24, 2.45) is 0 Å². The summed E-state index contributed by atoms with van der Waals surface area (Å²) in [7, 11) is -3.94. The Kier molecular flexibility index (Phi) is 6.76. The van der Waals surface area contributed by atoms with Gasteiger partial charge in [0.15, 0.2) is 15.1 Å². The Labute approximate surface area is 138 Å². The van der Waals surface area contributed by atoms with Crippen molar-refractivity contribution in [2.45, 2.75) is 50.7 Å². The Bertz CT molecular complexity index is 706. The average Bonchev–Trinajstić information content (AvgIpc) is 2.44. The minimum Gasteiger partial charge on any atom is -0.480 e. The van der Waals surface area contributed by atoms with Crippen LogP contribution in [-0.2, 0) is 14.6 Å². The van der Waals surface area contributed by atoms with Gasteiger partial charge in [0.25, 0.3) is 0 Å². The van der Waals surface area contributed by atoms with E-state index in [-0.39, 0.29) is 4.90 Å². The monoisotopic (exact) mass is 336 g/mol. The zero-order valence-corrected chi connectivity index (χ0v) is 14.9. The predicted octanol–water partition coefficient (Wildman–Crippen LogP) is 3.91. The smallest absolute Gasteiger partial charge is 0.326 e. The molecule has 5 heteroatoms. The van der Waals surface area contributed by atoms with Crippen LogP contribution in [0.25, 0.3) is 0 Å². The van der Waals surface area contributed by atoms with E-state index < -0.39 is 21.1 Å². The number of aliphatic carboxylic acids is 1. The quantitative estimate of drug-likeness (QED) is 0.766. The second-order valence-electron chi connectivity index (χ2n) is 5.95. The lowest BCUT2D eigenvalue weighted by molar-refractivity contribution is -0.135. The summed E-state index contributed by atoms with van der Waals surface area (Å²) in [5.74, 6) is -1.35. The first-order valence-corrected chi connectivity index (χ1v) is 9.03. The standard InChI is InChI=1S/C18H24O4S/c1-13(2)6-5-7-15(4)12-17(18(19)20)23(21,22)16-10-8-14(3)9-11-16/h6,8-12,17H,5,7H2,1-4H3,(H,19,20)/b15-12-. The lowest BCUT2D eigenvalue weighted by Crippen LogP contribution is -2.28. The van der Waals surface area contributed by atoms with E-state index >= 15 is 0 Å². The van der Waals surface area contributed by atoms with Crippen LogP contribution >= 0.6 is 0 Å². The molecule has 1 rings (SSSR count).